The molecule has 0 N–H and O–H groups in total. The van der Waals surface area contributed by atoms with E-state index >= 15 is 0 Å². The van der Waals surface area contributed by atoms with Crippen molar-refractivity contribution in [3.63, 3.8) is 0 Å². The van der Waals surface area contributed by atoms with Crippen LogP contribution >= 0.6 is 17.9 Å². The molecule has 0 aliphatic heterocycles. The highest BCUT2D eigenvalue weighted by molar-refractivity contribution is 8.13. The number of carboxylic acid groups (broad SMARTS) is 1. The Bertz CT molecular complexity index is 1050. The van der Waals surface area contributed by atoms with Gasteiger partial charge < -0.3 is 9.90 Å². The Kier molecular flexibility index (Phi) is 10.1. The van der Waals surface area contributed by atoms with Crippen molar-refractivity contribution in [2.24, 2.45) is 0 Å². The lowest BCUT2D eigenvalue weighted by molar-refractivity contribution is -0.344. The molecule has 0 unspecified atom stereocenters. The number of carbonyl (C=O) groups is 1. The molecule has 182 valence electrons. The quantitative estimate of drug-likeness (QED) is 0.253. The number of hydrogen-bond acceptors (Lipinski definition) is 4. The number of alkyl halides is 3. The predicted molar refractivity (Wildman–Crippen MR) is 130 cm³/mol. The zero-order valence-corrected chi connectivity index (χ0v) is 20.5. The van der Waals surface area contributed by atoms with Crippen LogP contribution < -0.4 is 21.0 Å². The van der Waals surface area contributed by atoms with Crippen molar-refractivity contribution in [1.29, 1.82) is 0 Å². The first-order valence-corrected chi connectivity index (χ1v) is 14.7. The van der Waals surface area contributed by atoms with E-state index in [0.29, 0.717) is 6.42 Å². The number of carbonyl (C=O) groups excluding carboxylic acids is 1. The molecule has 0 atom stereocenters. The second kappa shape index (κ2) is 12.3. The van der Waals surface area contributed by atoms with E-state index in [1.54, 1.807) is 0 Å². The van der Waals surface area contributed by atoms with E-state index in [1.165, 1.54) is 15.9 Å². The molecule has 0 radical (unpaired) electrons. The minimum absolute atomic E-state index is 0.0208. The molecule has 3 rings (SSSR count). The molecule has 0 spiro atoms. The molecular weight excluding hydrogens is 508 g/mol. The molecule has 34 heavy (non-hydrogen) atoms. The van der Waals surface area contributed by atoms with Crippen LogP contribution in [0.5, 0.6) is 0 Å². The Morgan fingerprint density at radius 2 is 1.09 bits per heavy atom. The lowest BCUT2D eigenvalue weighted by atomic mass is 10.3. The molecule has 3 aromatic rings. The molecule has 0 aliphatic carbocycles. The van der Waals surface area contributed by atoms with E-state index in [2.05, 4.69) is 72.8 Å². The van der Waals surface area contributed by atoms with Crippen molar-refractivity contribution in [2.45, 2.75) is 19.0 Å². The van der Waals surface area contributed by atoms with E-state index in [0.717, 1.165) is 12.6 Å². The highest BCUT2D eigenvalue weighted by Crippen LogP contribution is 2.55. The highest BCUT2D eigenvalue weighted by atomic mass is 35.7. The van der Waals surface area contributed by atoms with Crippen molar-refractivity contribution in [3.05, 3.63) is 91.0 Å². The second-order valence-electron chi connectivity index (χ2n) is 7.28. The topological polar surface area (TPSA) is 74.3 Å². The van der Waals surface area contributed by atoms with Crippen molar-refractivity contribution < 1.29 is 31.5 Å². The predicted octanol–water partition coefficient (Wildman–Crippen LogP) is 3.63. The number of benzene rings is 3. The summed E-state index contributed by atoms with van der Waals surface area (Å²) in [7, 11) is 0.0911. The second-order valence-corrected chi connectivity index (χ2v) is 13.8. The number of rotatable bonds is 8. The molecule has 0 bridgehead atoms. The first-order chi connectivity index (χ1) is 16.0. The van der Waals surface area contributed by atoms with Crippen molar-refractivity contribution in [1.82, 2.24) is 0 Å². The van der Waals surface area contributed by atoms with Gasteiger partial charge in [-0.05, 0) is 49.2 Å². The molecule has 0 aromatic heterocycles. The van der Waals surface area contributed by atoms with E-state index < -0.39 is 28.5 Å². The van der Waals surface area contributed by atoms with Gasteiger partial charge in [0.2, 0.25) is 9.05 Å². The van der Waals surface area contributed by atoms with Gasteiger partial charge in [-0.1, -0.05) is 54.6 Å². The zero-order chi connectivity index (χ0) is 25.2. The van der Waals surface area contributed by atoms with E-state index in [-0.39, 0.29) is 5.75 Å². The van der Waals surface area contributed by atoms with Crippen molar-refractivity contribution in [2.75, 3.05) is 11.9 Å². The van der Waals surface area contributed by atoms with Gasteiger partial charge in [0.15, 0.2) is 0 Å². The fraction of sp³-hybridized carbons (Fsp3) is 0.208. The number of hydrogen-bond donors (Lipinski definition) is 0. The third kappa shape index (κ3) is 8.12. The summed E-state index contributed by atoms with van der Waals surface area (Å²) >= 11 is 0. The first kappa shape index (κ1) is 27.8. The molecule has 0 saturated heterocycles. The normalized spacial score (nSPS) is 11.9. The van der Waals surface area contributed by atoms with Crippen molar-refractivity contribution in [3.8, 4) is 0 Å². The van der Waals surface area contributed by atoms with E-state index in [4.69, 9.17) is 20.6 Å². The fourth-order valence-electron chi connectivity index (χ4n) is 3.51. The number of carboxylic acids is 1. The number of halogens is 4. The third-order valence-corrected chi connectivity index (χ3v) is 10.7. The lowest BCUT2D eigenvalue weighted by Crippen LogP contribution is -2.37. The van der Waals surface area contributed by atoms with Crippen LogP contribution in [0.4, 0.5) is 13.2 Å². The smallest absolute Gasteiger partial charge is 0.430 e. The summed E-state index contributed by atoms with van der Waals surface area (Å²) in [6.45, 7) is 0. The lowest BCUT2D eigenvalue weighted by Gasteiger charge is -2.27. The van der Waals surface area contributed by atoms with Crippen LogP contribution in [0.3, 0.4) is 0 Å². The molecule has 0 amide bonds. The Morgan fingerprint density at radius 1 is 0.765 bits per heavy atom. The maximum atomic E-state index is 11.3. The summed E-state index contributed by atoms with van der Waals surface area (Å²) in [6, 6.07) is 31.8. The van der Waals surface area contributed by atoms with Crippen molar-refractivity contribution >= 4 is 48.9 Å². The van der Waals surface area contributed by atoms with Crippen LogP contribution in [-0.4, -0.2) is 32.5 Å². The summed E-state index contributed by atoms with van der Waals surface area (Å²) in [5.41, 5.74) is 0. The SMILES string of the molecule is O=C([O-])C(F)(F)F.O=S(=O)(Cl)CCCC[P+](c1ccccc1)(c1ccccc1)c1ccccc1. The minimum Gasteiger partial charge on any atom is -0.542 e. The molecule has 4 nitrogen and oxygen atoms in total. The number of aliphatic carboxylic acids is 1. The Morgan fingerprint density at radius 3 is 1.35 bits per heavy atom. The van der Waals surface area contributed by atoms with Gasteiger partial charge in [0.1, 0.15) is 29.1 Å². The Balaban J connectivity index is 0.000000509. The maximum Gasteiger partial charge on any atom is 0.430 e. The monoisotopic (exact) mass is 530 g/mol. The van der Waals surface area contributed by atoms with Crippen LogP contribution in [0.15, 0.2) is 91.0 Å². The van der Waals surface area contributed by atoms with E-state index in [9.17, 15) is 21.6 Å². The highest BCUT2D eigenvalue weighted by Gasteiger charge is 2.44. The molecule has 0 fully saturated rings. The molecule has 3 aromatic carbocycles. The van der Waals surface area contributed by atoms with Gasteiger partial charge in [0.25, 0.3) is 0 Å². The minimum atomic E-state index is -5.19. The van der Waals surface area contributed by atoms with Gasteiger partial charge in [-0.2, -0.15) is 13.2 Å². The summed E-state index contributed by atoms with van der Waals surface area (Å²) in [6.07, 6.45) is -2.91. The molecule has 0 aliphatic rings. The molecular formula is C24H23ClF3O4PS. The fourth-order valence-corrected chi connectivity index (χ4v) is 8.79. The van der Waals surface area contributed by atoms with Crippen LogP contribution in [0.25, 0.3) is 0 Å². The molecule has 0 heterocycles. The van der Waals surface area contributed by atoms with Gasteiger partial charge >= 0.3 is 6.18 Å². The molecule has 0 saturated carbocycles. The largest absolute Gasteiger partial charge is 0.542 e. The van der Waals surface area contributed by atoms with Crippen LogP contribution in [0, 0.1) is 0 Å². The van der Waals surface area contributed by atoms with Crippen LogP contribution in [0.2, 0.25) is 0 Å². The van der Waals surface area contributed by atoms with Gasteiger partial charge in [-0.25, -0.2) is 8.42 Å². The maximum absolute atomic E-state index is 11.3. The van der Waals surface area contributed by atoms with Gasteiger partial charge in [-0.3, -0.25) is 0 Å². The Labute approximate surface area is 202 Å². The summed E-state index contributed by atoms with van der Waals surface area (Å²) in [5, 5.41) is 12.7. The number of unbranched alkanes of at least 4 members (excludes halogenated alkanes) is 1. The Hall–Kier alpha value is -2.41. The first-order valence-electron chi connectivity index (χ1n) is 10.2. The third-order valence-electron chi connectivity index (χ3n) is 4.95. The summed E-state index contributed by atoms with van der Waals surface area (Å²) in [5.74, 6) is -2.99. The van der Waals surface area contributed by atoms with Crippen LogP contribution in [0.1, 0.15) is 12.8 Å². The average Bonchev–Trinajstić information content (AvgIpc) is 2.80. The summed E-state index contributed by atoms with van der Waals surface area (Å²) in [4.78, 5) is 8.78. The van der Waals surface area contributed by atoms with Gasteiger partial charge in [0.05, 0.1) is 11.9 Å². The summed E-state index contributed by atoms with van der Waals surface area (Å²) < 4.78 is 54.2. The van der Waals surface area contributed by atoms with Gasteiger partial charge in [-0.15, -0.1) is 0 Å². The average molecular weight is 531 g/mol. The zero-order valence-electron chi connectivity index (χ0n) is 18.0. The standard InChI is InChI=1S/C22H23ClO2PS.C2HF3O2/c23-27(24,25)19-11-10-18-26(20-12-4-1-5-13-20,21-14-6-2-7-15-21)22-16-8-3-9-17-22;3-2(4,5)1(6)7/h1-9,12-17H,10-11,18-19H2;(H,6,7)/q+1;/p-1. The van der Waals surface area contributed by atoms with Gasteiger partial charge in [0, 0.05) is 10.7 Å². The van der Waals surface area contributed by atoms with Crippen LogP contribution in [-0.2, 0) is 13.8 Å². The van der Waals surface area contributed by atoms with E-state index in [1.807, 2.05) is 18.2 Å². The molecule has 10 heteroatoms.